The normalized spacial score (nSPS) is 15.2. The molecule has 0 fully saturated rings. The molecule has 0 saturated carbocycles. The molecule has 0 amide bonds. The lowest BCUT2D eigenvalue weighted by molar-refractivity contribution is 0.120. The molecule has 0 aliphatic carbocycles. The van der Waals surface area contributed by atoms with Gasteiger partial charge in [0.1, 0.15) is 0 Å². The first-order valence-corrected chi connectivity index (χ1v) is 4.33. The van der Waals surface area contributed by atoms with Crippen LogP contribution in [-0.2, 0) is 9.09 Å². The summed E-state index contributed by atoms with van der Waals surface area (Å²) in [7, 11) is -4.36. The van der Waals surface area contributed by atoms with E-state index in [2.05, 4.69) is 4.52 Å². The van der Waals surface area contributed by atoms with Crippen molar-refractivity contribution in [1.82, 2.24) is 0 Å². The van der Waals surface area contributed by atoms with Crippen LogP contribution in [0.25, 0.3) is 0 Å². The lowest BCUT2D eigenvalue weighted by Crippen LogP contribution is -2.07. The number of hydrogen-bond acceptors (Lipinski definition) is 3. The fourth-order valence-electron chi connectivity index (χ4n) is 0.469. The van der Waals surface area contributed by atoms with Gasteiger partial charge in [-0.15, -0.1) is 0 Å². The lowest BCUT2D eigenvalue weighted by atomic mass is 10.3. The van der Waals surface area contributed by atoms with E-state index >= 15 is 0 Å². The zero-order valence-corrected chi connectivity index (χ0v) is 6.49. The third-order valence-corrected chi connectivity index (χ3v) is 1.49. The van der Waals surface area contributed by atoms with Crippen LogP contribution in [0.5, 0.6) is 0 Å². The van der Waals surface area contributed by atoms with E-state index in [9.17, 15) is 4.57 Å². The topological polar surface area (TPSA) is 87.0 Å². The molecule has 0 radical (unpaired) electrons. The Kier molecular flexibility index (Phi) is 4.08. The van der Waals surface area contributed by atoms with E-state index in [-0.39, 0.29) is 13.0 Å². The molecule has 5 nitrogen and oxygen atoms in total. The molecule has 0 aromatic heterocycles. The highest BCUT2D eigenvalue weighted by atomic mass is 31.2. The van der Waals surface area contributed by atoms with Crippen LogP contribution in [0.15, 0.2) is 0 Å². The van der Waals surface area contributed by atoms with E-state index in [1.807, 2.05) is 0 Å². The van der Waals surface area contributed by atoms with Gasteiger partial charge in [0.05, 0.1) is 6.10 Å². The first-order chi connectivity index (χ1) is 4.45. The molecule has 0 saturated heterocycles. The summed E-state index contributed by atoms with van der Waals surface area (Å²) in [5.74, 6) is 0. The third kappa shape index (κ3) is 6.19. The molecule has 0 heterocycles. The van der Waals surface area contributed by atoms with Crippen molar-refractivity contribution in [2.24, 2.45) is 0 Å². The lowest BCUT2D eigenvalue weighted by Gasteiger charge is -2.11. The number of phosphoric acid groups is 1. The SMILES string of the molecule is C[C@@H](CCO)OP(=O)(O)O. The van der Waals surface area contributed by atoms with Gasteiger partial charge in [-0.1, -0.05) is 0 Å². The summed E-state index contributed by atoms with van der Waals surface area (Å²) >= 11 is 0. The van der Waals surface area contributed by atoms with Gasteiger partial charge < -0.3 is 14.9 Å². The van der Waals surface area contributed by atoms with Crippen LogP contribution in [0.1, 0.15) is 13.3 Å². The second-order valence-electron chi connectivity index (χ2n) is 1.92. The average molecular weight is 170 g/mol. The molecule has 0 spiro atoms. The number of hydrogen-bond donors (Lipinski definition) is 3. The van der Waals surface area contributed by atoms with Crippen LogP contribution in [0.2, 0.25) is 0 Å². The second-order valence-corrected chi connectivity index (χ2v) is 3.11. The van der Waals surface area contributed by atoms with E-state index in [1.54, 1.807) is 0 Å². The van der Waals surface area contributed by atoms with E-state index in [0.29, 0.717) is 0 Å². The Morgan fingerprint density at radius 3 is 2.40 bits per heavy atom. The molecule has 0 aromatic carbocycles. The number of aliphatic hydroxyl groups is 1. The maximum atomic E-state index is 10.1. The van der Waals surface area contributed by atoms with Crippen LogP contribution in [0.4, 0.5) is 0 Å². The Morgan fingerprint density at radius 1 is 1.60 bits per heavy atom. The molecule has 0 aliphatic rings. The second kappa shape index (κ2) is 4.05. The first-order valence-electron chi connectivity index (χ1n) is 2.80. The van der Waals surface area contributed by atoms with Gasteiger partial charge in [-0.05, 0) is 13.3 Å². The van der Waals surface area contributed by atoms with E-state index in [0.717, 1.165) is 0 Å². The highest BCUT2D eigenvalue weighted by molar-refractivity contribution is 7.46. The van der Waals surface area contributed by atoms with Crippen LogP contribution in [-0.4, -0.2) is 27.6 Å². The summed E-state index contributed by atoms with van der Waals surface area (Å²) in [6.07, 6.45) is -0.378. The molecular formula is C4H11O5P. The van der Waals surface area contributed by atoms with E-state index in [1.165, 1.54) is 6.92 Å². The largest absolute Gasteiger partial charge is 0.469 e. The molecule has 6 heteroatoms. The number of aliphatic hydroxyl groups excluding tert-OH is 1. The van der Waals surface area contributed by atoms with Crippen molar-refractivity contribution in [3.63, 3.8) is 0 Å². The smallest absolute Gasteiger partial charge is 0.396 e. The molecule has 1 atom stereocenters. The van der Waals surface area contributed by atoms with Crippen LogP contribution in [0, 0.1) is 0 Å². The van der Waals surface area contributed by atoms with Crippen molar-refractivity contribution in [3.05, 3.63) is 0 Å². The molecule has 0 bridgehead atoms. The fourth-order valence-corrected chi connectivity index (χ4v) is 1.04. The Morgan fingerprint density at radius 2 is 2.10 bits per heavy atom. The molecule has 10 heavy (non-hydrogen) atoms. The van der Waals surface area contributed by atoms with Crippen molar-refractivity contribution >= 4 is 7.82 Å². The van der Waals surface area contributed by atoms with E-state index < -0.39 is 13.9 Å². The first kappa shape index (κ1) is 10.1. The molecule has 0 rings (SSSR count). The van der Waals surface area contributed by atoms with Gasteiger partial charge in [0.2, 0.25) is 0 Å². The summed E-state index contributed by atoms with van der Waals surface area (Å²) in [6, 6.07) is 0. The maximum Gasteiger partial charge on any atom is 0.469 e. The Bertz CT molecular complexity index is 130. The molecular weight excluding hydrogens is 159 g/mol. The van der Waals surface area contributed by atoms with Gasteiger partial charge in [0, 0.05) is 6.61 Å². The minimum absolute atomic E-state index is 0.138. The Hall–Kier alpha value is 0.0700. The molecule has 3 N–H and O–H groups in total. The predicted octanol–water partition coefficient (Wildman–Crippen LogP) is -0.133. The highest BCUT2D eigenvalue weighted by Crippen LogP contribution is 2.37. The number of rotatable bonds is 4. The summed E-state index contributed by atoms with van der Waals surface area (Å²) in [5, 5.41) is 8.30. The van der Waals surface area contributed by atoms with Crippen molar-refractivity contribution in [1.29, 1.82) is 0 Å². The summed E-state index contributed by atoms with van der Waals surface area (Å²) in [5.41, 5.74) is 0. The van der Waals surface area contributed by atoms with Gasteiger partial charge >= 0.3 is 7.82 Å². The predicted molar refractivity (Wildman–Crippen MR) is 34.3 cm³/mol. The van der Waals surface area contributed by atoms with Crippen molar-refractivity contribution < 1.29 is 24.0 Å². The van der Waals surface area contributed by atoms with Gasteiger partial charge in [0.15, 0.2) is 0 Å². The van der Waals surface area contributed by atoms with Crippen molar-refractivity contribution in [2.45, 2.75) is 19.4 Å². The maximum absolute atomic E-state index is 10.1. The van der Waals surface area contributed by atoms with Gasteiger partial charge in [0.25, 0.3) is 0 Å². The Labute approximate surface area is 58.9 Å². The zero-order chi connectivity index (χ0) is 8.20. The summed E-state index contributed by atoms with van der Waals surface area (Å²) < 4.78 is 14.3. The molecule has 0 aliphatic heterocycles. The zero-order valence-electron chi connectivity index (χ0n) is 5.60. The Balaban J connectivity index is 3.58. The number of phosphoric ester groups is 1. The summed E-state index contributed by atoms with van der Waals surface area (Å²) in [4.78, 5) is 16.4. The third-order valence-electron chi connectivity index (χ3n) is 0.853. The van der Waals surface area contributed by atoms with Gasteiger partial charge in [-0.25, -0.2) is 4.57 Å². The quantitative estimate of drug-likeness (QED) is 0.511. The monoisotopic (exact) mass is 170 g/mol. The van der Waals surface area contributed by atoms with Crippen LogP contribution in [0.3, 0.4) is 0 Å². The van der Waals surface area contributed by atoms with Gasteiger partial charge in [-0.3, -0.25) is 4.52 Å². The highest BCUT2D eigenvalue weighted by Gasteiger charge is 2.17. The van der Waals surface area contributed by atoms with Crippen molar-refractivity contribution in [2.75, 3.05) is 6.61 Å². The molecule has 0 aromatic rings. The van der Waals surface area contributed by atoms with Crippen LogP contribution >= 0.6 is 7.82 Å². The van der Waals surface area contributed by atoms with Gasteiger partial charge in [-0.2, -0.15) is 0 Å². The standard InChI is InChI=1S/C4H11O5P/c1-4(2-3-5)9-10(6,7)8/h4-5H,2-3H2,1H3,(H2,6,7,8)/t4-/m0/s1. The molecule has 62 valence electrons. The average Bonchev–Trinajstić information content (AvgIpc) is 1.59. The molecule has 0 unspecified atom stereocenters. The van der Waals surface area contributed by atoms with E-state index in [4.69, 9.17) is 14.9 Å². The minimum Gasteiger partial charge on any atom is -0.396 e. The summed E-state index contributed by atoms with van der Waals surface area (Å²) in [6.45, 7) is 1.34. The fraction of sp³-hybridized carbons (Fsp3) is 1.00. The minimum atomic E-state index is -4.36. The van der Waals surface area contributed by atoms with Crippen LogP contribution < -0.4 is 0 Å². The van der Waals surface area contributed by atoms with Crippen molar-refractivity contribution in [3.8, 4) is 0 Å².